The van der Waals surface area contributed by atoms with E-state index in [1.54, 1.807) is 5.38 Å². The van der Waals surface area contributed by atoms with Crippen molar-refractivity contribution in [3.8, 4) is 5.69 Å². The van der Waals surface area contributed by atoms with Crippen LogP contribution in [0.3, 0.4) is 0 Å². The van der Waals surface area contributed by atoms with Gasteiger partial charge in [-0.1, -0.05) is 34.8 Å². The lowest BCUT2D eigenvalue weighted by molar-refractivity contribution is -0.117. The molecule has 0 aliphatic heterocycles. The number of nitrogens with one attached hydrogen (secondary N) is 2. The van der Waals surface area contributed by atoms with E-state index in [1.165, 1.54) is 11.3 Å². The standard InChI is InChI=1S/C14H12Cl3N3O2S/c1-7-3-4-8(2)20(7)9-5-6-23-11(9)14(22)19-18-13(21)10(15)12(16)17/h3-6H,1-2H3,(H,18,21)(H,19,22). The first-order valence-electron chi connectivity index (χ1n) is 6.37. The van der Waals surface area contributed by atoms with Gasteiger partial charge < -0.3 is 4.57 Å². The Hall–Kier alpha value is -1.47. The van der Waals surface area contributed by atoms with Crippen LogP contribution in [0.5, 0.6) is 0 Å². The minimum atomic E-state index is -0.800. The molecule has 2 aromatic rings. The molecule has 0 bridgehead atoms. The van der Waals surface area contributed by atoms with Gasteiger partial charge in [0.15, 0.2) is 0 Å². The Kier molecular flexibility index (Phi) is 5.75. The van der Waals surface area contributed by atoms with E-state index in [2.05, 4.69) is 10.9 Å². The number of amides is 2. The number of aromatic nitrogens is 1. The molecule has 0 aliphatic carbocycles. The molecule has 9 heteroatoms. The highest BCUT2D eigenvalue weighted by atomic mass is 35.5. The van der Waals surface area contributed by atoms with Crippen LogP contribution in [0.15, 0.2) is 33.1 Å². The van der Waals surface area contributed by atoms with Crippen molar-refractivity contribution in [2.24, 2.45) is 0 Å². The summed E-state index contributed by atoms with van der Waals surface area (Å²) < 4.78 is 1.57. The fraction of sp³-hybridized carbons (Fsp3) is 0.143. The Morgan fingerprint density at radius 1 is 1.04 bits per heavy atom. The van der Waals surface area contributed by atoms with Crippen LogP contribution in [0.4, 0.5) is 0 Å². The zero-order valence-corrected chi connectivity index (χ0v) is 15.2. The topological polar surface area (TPSA) is 63.1 Å². The van der Waals surface area contributed by atoms with Crippen LogP contribution in [0.25, 0.3) is 5.69 Å². The SMILES string of the molecule is Cc1ccc(C)n1-c1ccsc1C(=O)NNC(=O)C(Cl)=C(Cl)Cl. The maximum absolute atomic E-state index is 12.3. The number of thiophene rings is 1. The van der Waals surface area contributed by atoms with Gasteiger partial charge in [0, 0.05) is 11.4 Å². The highest BCUT2D eigenvalue weighted by Gasteiger charge is 2.18. The number of nitrogens with zero attached hydrogens (tertiary/aromatic N) is 1. The Balaban J connectivity index is 2.18. The second-order valence-electron chi connectivity index (χ2n) is 4.57. The van der Waals surface area contributed by atoms with Gasteiger partial charge in [-0.15, -0.1) is 11.3 Å². The lowest BCUT2D eigenvalue weighted by Gasteiger charge is -2.11. The molecule has 5 nitrogen and oxygen atoms in total. The molecule has 122 valence electrons. The smallest absolute Gasteiger partial charge is 0.283 e. The van der Waals surface area contributed by atoms with Crippen LogP contribution < -0.4 is 10.9 Å². The van der Waals surface area contributed by atoms with E-state index < -0.39 is 16.8 Å². The molecule has 0 unspecified atom stereocenters. The van der Waals surface area contributed by atoms with Gasteiger partial charge in [-0.2, -0.15) is 0 Å². The third-order valence-electron chi connectivity index (χ3n) is 3.02. The molecule has 0 aliphatic rings. The lowest BCUT2D eigenvalue weighted by atomic mass is 10.3. The second kappa shape index (κ2) is 7.40. The van der Waals surface area contributed by atoms with Crippen LogP contribution in [-0.4, -0.2) is 16.4 Å². The molecule has 2 rings (SSSR count). The number of hydrogen-bond donors (Lipinski definition) is 2. The van der Waals surface area contributed by atoms with E-state index in [-0.39, 0.29) is 4.49 Å². The van der Waals surface area contributed by atoms with Crippen LogP contribution >= 0.6 is 46.1 Å². The molecule has 0 fully saturated rings. The van der Waals surface area contributed by atoms with Gasteiger partial charge in [-0.05, 0) is 37.4 Å². The molecular weight excluding hydrogens is 381 g/mol. The Morgan fingerprint density at radius 3 is 2.22 bits per heavy atom. The van der Waals surface area contributed by atoms with Crippen molar-refractivity contribution >= 4 is 58.0 Å². The minimum absolute atomic E-state index is 0.381. The van der Waals surface area contributed by atoms with Crippen LogP contribution in [0.2, 0.25) is 0 Å². The molecule has 2 N–H and O–H groups in total. The van der Waals surface area contributed by atoms with Gasteiger partial charge in [0.25, 0.3) is 11.8 Å². The minimum Gasteiger partial charge on any atom is -0.317 e. The monoisotopic (exact) mass is 391 g/mol. The summed E-state index contributed by atoms with van der Waals surface area (Å²) in [5.74, 6) is -1.27. The summed E-state index contributed by atoms with van der Waals surface area (Å²) in [5, 5.41) is 1.39. The van der Waals surface area contributed by atoms with Crippen molar-refractivity contribution in [1.82, 2.24) is 15.4 Å². The average Bonchev–Trinajstić information content (AvgIpc) is 3.10. The summed E-state index contributed by atoms with van der Waals surface area (Å²) in [7, 11) is 0. The van der Waals surface area contributed by atoms with Crippen molar-refractivity contribution < 1.29 is 9.59 Å². The fourth-order valence-corrected chi connectivity index (χ4v) is 3.00. The molecule has 2 heterocycles. The first-order valence-corrected chi connectivity index (χ1v) is 8.38. The zero-order chi connectivity index (χ0) is 17.1. The van der Waals surface area contributed by atoms with Gasteiger partial charge in [0.1, 0.15) is 14.4 Å². The predicted octanol–water partition coefficient (Wildman–Crippen LogP) is 3.80. The third-order valence-corrected chi connectivity index (χ3v) is 4.85. The molecule has 2 amide bonds. The van der Waals surface area contributed by atoms with Crippen LogP contribution in [0.1, 0.15) is 21.1 Å². The first kappa shape index (κ1) is 17.9. The highest BCUT2D eigenvalue weighted by Crippen LogP contribution is 2.25. The van der Waals surface area contributed by atoms with Crippen LogP contribution in [0, 0.1) is 13.8 Å². The largest absolute Gasteiger partial charge is 0.317 e. The summed E-state index contributed by atoms with van der Waals surface area (Å²) in [4.78, 5) is 24.3. The van der Waals surface area contributed by atoms with Crippen molar-refractivity contribution in [2.45, 2.75) is 13.8 Å². The van der Waals surface area contributed by atoms with E-state index in [9.17, 15) is 9.59 Å². The van der Waals surface area contributed by atoms with Gasteiger partial charge in [-0.3, -0.25) is 20.4 Å². The summed E-state index contributed by atoms with van der Waals surface area (Å²) in [6, 6.07) is 5.76. The Morgan fingerprint density at radius 2 is 1.65 bits per heavy atom. The van der Waals surface area contributed by atoms with Crippen molar-refractivity contribution in [3.63, 3.8) is 0 Å². The van der Waals surface area contributed by atoms with Crippen molar-refractivity contribution in [2.75, 3.05) is 0 Å². The van der Waals surface area contributed by atoms with E-state index in [1.807, 2.05) is 36.6 Å². The van der Waals surface area contributed by atoms with E-state index in [4.69, 9.17) is 34.8 Å². The maximum Gasteiger partial charge on any atom is 0.283 e. The normalized spacial score (nSPS) is 10.3. The van der Waals surface area contributed by atoms with Crippen molar-refractivity contribution in [3.05, 3.63) is 49.4 Å². The summed E-state index contributed by atoms with van der Waals surface area (Å²) in [5.41, 5.74) is 7.17. The zero-order valence-electron chi connectivity index (χ0n) is 12.1. The number of hydrogen-bond acceptors (Lipinski definition) is 3. The number of halogens is 3. The number of hydrazine groups is 1. The van der Waals surface area contributed by atoms with E-state index in [0.29, 0.717) is 4.88 Å². The van der Waals surface area contributed by atoms with Crippen molar-refractivity contribution in [1.29, 1.82) is 0 Å². The summed E-state index contributed by atoms with van der Waals surface area (Å²) in [6.07, 6.45) is 0. The molecule has 2 aromatic heterocycles. The Bertz CT molecular complexity index is 772. The lowest BCUT2D eigenvalue weighted by Crippen LogP contribution is -2.41. The van der Waals surface area contributed by atoms with E-state index >= 15 is 0 Å². The molecule has 0 radical (unpaired) electrons. The number of carbonyl (C=O) groups excluding carboxylic acids is 2. The molecule has 0 spiro atoms. The number of carbonyl (C=O) groups is 2. The Labute approximate surface area is 151 Å². The molecule has 0 aromatic carbocycles. The fourth-order valence-electron chi connectivity index (χ4n) is 2.01. The molecular formula is C14H12Cl3N3O2S. The second-order valence-corrected chi connectivity index (χ2v) is 6.81. The quantitative estimate of drug-likeness (QED) is 0.616. The predicted molar refractivity (Wildman–Crippen MR) is 93.3 cm³/mol. The van der Waals surface area contributed by atoms with Gasteiger partial charge in [0.2, 0.25) is 0 Å². The molecule has 23 heavy (non-hydrogen) atoms. The maximum atomic E-state index is 12.3. The third kappa shape index (κ3) is 3.90. The van der Waals surface area contributed by atoms with Gasteiger partial charge in [0.05, 0.1) is 5.69 Å². The molecule has 0 atom stereocenters. The number of aryl methyl sites for hydroxylation is 2. The molecule has 0 saturated heterocycles. The highest BCUT2D eigenvalue weighted by molar-refractivity contribution is 7.12. The average molecular weight is 393 g/mol. The summed E-state index contributed by atoms with van der Waals surface area (Å²) >= 11 is 17.6. The number of rotatable bonds is 3. The van der Waals surface area contributed by atoms with E-state index in [0.717, 1.165) is 17.1 Å². The van der Waals surface area contributed by atoms with Crippen LogP contribution in [-0.2, 0) is 4.79 Å². The van der Waals surface area contributed by atoms with Gasteiger partial charge >= 0.3 is 0 Å². The first-order chi connectivity index (χ1) is 10.8. The summed E-state index contributed by atoms with van der Waals surface area (Å²) in [6.45, 7) is 3.89. The molecule has 0 saturated carbocycles. The van der Waals surface area contributed by atoms with Gasteiger partial charge in [-0.25, -0.2) is 0 Å².